The second-order valence-electron chi connectivity index (χ2n) is 6.79. The zero-order valence-corrected chi connectivity index (χ0v) is 15.3. The highest BCUT2D eigenvalue weighted by Crippen LogP contribution is 2.32. The van der Waals surface area contributed by atoms with Crippen LogP contribution in [0.2, 0.25) is 0 Å². The number of aryl methyl sites for hydroxylation is 1. The summed E-state index contributed by atoms with van der Waals surface area (Å²) in [6, 6.07) is 10.4. The Morgan fingerprint density at radius 3 is 2.68 bits per heavy atom. The van der Waals surface area contributed by atoms with Crippen LogP contribution in [0, 0.1) is 12.8 Å². The van der Waals surface area contributed by atoms with E-state index in [1.165, 1.54) is 16.9 Å². The van der Waals surface area contributed by atoms with E-state index in [0.29, 0.717) is 13.2 Å². The van der Waals surface area contributed by atoms with Crippen molar-refractivity contribution in [1.82, 2.24) is 4.90 Å². The fraction of sp³-hybridized carbons (Fsp3) is 0.450. The molecule has 1 atom stereocenters. The Hall–Kier alpha value is -1.69. The molecule has 1 amide bonds. The number of hydrogen-bond donors (Lipinski definition) is 0. The van der Waals surface area contributed by atoms with E-state index in [9.17, 15) is 4.79 Å². The molecular formula is C20H23NO3S. The minimum atomic E-state index is -0.143. The standard InChI is InChI=1S/C20H23NO3S/c1-14-4-6-15(7-5-14)17-8-12-25-18(17)19(22)21-9-2-3-16(13-21)20-23-10-11-24-20/h4-8,12,16,20H,2-3,9-11,13H2,1H3. The largest absolute Gasteiger partial charge is 0.350 e. The number of benzene rings is 1. The first kappa shape index (κ1) is 16.8. The van der Waals surface area contributed by atoms with Gasteiger partial charge in [-0.15, -0.1) is 11.3 Å². The average molecular weight is 357 g/mol. The van der Waals surface area contributed by atoms with Gasteiger partial charge >= 0.3 is 0 Å². The number of ether oxygens (including phenoxy) is 2. The minimum absolute atomic E-state index is 0.133. The molecule has 0 bridgehead atoms. The Kier molecular flexibility index (Phi) is 4.88. The van der Waals surface area contributed by atoms with Gasteiger partial charge in [-0.3, -0.25) is 4.79 Å². The fourth-order valence-corrected chi connectivity index (χ4v) is 4.53. The lowest BCUT2D eigenvalue weighted by molar-refractivity contribution is -0.0968. The van der Waals surface area contributed by atoms with Gasteiger partial charge in [0, 0.05) is 24.6 Å². The van der Waals surface area contributed by atoms with Crippen LogP contribution in [-0.2, 0) is 9.47 Å². The predicted octanol–water partition coefficient (Wildman–Crippen LogP) is 3.95. The molecule has 2 aromatic rings. The van der Waals surface area contributed by atoms with E-state index in [-0.39, 0.29) is 18.1 Å². The van der Waals surface area contributed by atoms with E-state index < -0.39 is 0 Å². The van der Waals surface area contributed by atoms with Gasteiger partial charge in [0.2, 0.25) is 0 Å². The molecule has 0 N–H and O–H groups in total. The maximum Gasteiger partial charge on any atom is 0.264 e. The molecule has 0 spiro atoms. The number of nitrogens with zero attached hydrogens (tertiary/aromatic N) is 1. The lowest BCUT2D eigenvalue weighted by Gasteiger charge is -2.34. The molecule has 132 valence electrons. The molecule has 2 aliphatic rings. The van der Waals surface area contributed by atoms with Crippen molar-refractivity contribution in [1.29, 1.82) is 0 Å². The molecule has 3 heterocycles. The van der Waals surface area contributed by atoms with Crippen LogP contribution in [0.15, 0.2) is 35.7 Å². The highest BCUT2D eigenvalue weighted by atomic mass is 32.1. The normalized spacial score (nSPS) is 21.6. The number of thiophene rings is 1. The van der Waals surface area contributed by atoms with Crippen LogP contribution in [0.4, 0.5) is 0 Å². The van der Waals surface area contributed by atoms with Crippen LogP contribution >= 0.6 is 11.3 Å². The SMILES string of the molecule is Cc1ccc(-c2ccsc2C(=O)N2CCCC(C3OCCO3)C2)cc1. The van der Waals surface area contributed by atoms with Crippen molar-refractivity contribution in [3.63, 3.8) is 0 Å². The third kappa shape index (κ3) is 3.50. The monoisotopic (exact) mass is 357 g/mol. The van der Waals surface area contributed by atoms with E-state index in [2.05, 4.69) is 31.2 Å². The van der Waals surface area contributed by atoms with Crippen molar-refractivity contribution >= 4 is 17.2 Å². The van der Waals surface area contributed by atoms with Crippen LogP contribution in [0.25, 0.3) is 11.1 Å². The average Bonchev–Trinajstić information content (AvgIpc) is 3.34. The maximum absolute atomic E-state index is 13.1. The molecule has 0 aliphatic carbocycles. The van der Waals surface area contributed by atoms with E-state index in [4.69, 9.17) is 9.47 Å². The second-order valence-corrected chi connectivity index (χ2v) is 7.71. The van der Waals surface area contributed by atoms with Gasteiger partial charge in [-0.25, -0.2) is 0 Å². The Balaban J connectivity index is 1.53. The van der Waals surface area contributed by atoms with Gasteiger partial charge in [0.25, 0.3) is 5.91 Å². The lowest BCUT2D eigenvalue weighted by Crippen LogP contribution is -2.43. The predicted molar refractivity (Wildman–Crippen MR) is 98.8 cm³/mol. The summed E-state index contributed by atoms with van der Waals surface area (Å²) in [6.45, 7) is 4.93. The summed E-state index contributed by atoms with van der Waals surface area (Å²) in [5.41, 5.74) is 3.36. The first-order valence-electron chi connectivity index (χ1n) is 8.89. The van der Waals surface area contributed by atoms with Crippen LogP contribution in [-0.4, -0.2) is 43.4 Å². The molecule has 0 saturated carbocycles. The number of amides is 1. The van der Waals surface area contributed by atoms with Crippen molar-refractivity contribution in [3.05, 3.63) is 46.2 Å². The first-order valence-corrected chi connectivity index (χ1v) is 9.77. The number of hydrogen-bond acceptors (Lipinski definition) is 4. The van der Waals surface area contributed by atoms with Gasteiger partial charge in [-0.05, 0) is 36.8 Å². The van der Waals surface area contributed by atoms with Gasteiger partial charge in [0.15, 0.2) is 6.29 Å². The molecule has 1 aromatic carbocycles. The molecule has 2 saturated heterocycles. The summed E-state index contributed by atoms with van der Waals surface area (Å²) < 4.78 is 11.3. The fourth-order valence-electron chi connectivity index (χ4n) is 3.64. The molecule has 2 aliphatic heterocycles. The van der Waals surface area contributed by atoms with Crippen LogP contribution < -0.4 is 0 Å². The summed E-state index contributed by atoms with van der Waals surface area (Å²) in [6.07, 6.45) is 1.92. The van der Waals surface area contributed by atoms with Gasteiger partial charge in [0.1, 0.15) is 0 Å². The molecule has 2 fully saturated rings. The molecule has 5 heteroatoms. The molecular weight excluding hydrogens is 334 g/mol. The summed E-state index contributed by atoms with van der Waals surface area (Å²) in [5, 5.41) is 2.01. The smallest absolute Gasteiger partial charge is 0.264 e. The van der Waals surface area contributed by atoms with E-state index in [1.807, 2.05) is 16.3 Å². The maximum atomic E-state index is 13.1. The van der Waals surface area contributed by atoms with Crippen LogP contribution in [0.5, 0.6) is 0 Å². The third-order valence-corrected chi connectivity index (χ3v) is 5.90. The Bertz CT molecular complexity index is 734. The quantitative estimate of drug-likeness (QED) is 0.835. The third-order valence-electron chi connectivity index (χ3n) is 5.00. The topological polar surface area (TPSA) is 38.8 Å². The summed E-state index contributed by atoms with van der Waals surface area (Å²) in [5.74, 6) is 0.413. The Morgan fingerprint density at radius 2 is 1.92 bits per heavy atom. The Morgan fingerprint density at radius 1 is 1.16 bits per heavy atom. The number of piperidine rings is 1. The molecule has 4 rings (SSSR count). The second kappa shape index (κ2) is 7.28. The number of carbonyl (C=O) groups excluding carboxylic acids is 1. The summed E-state index contributed by atoms with van der Waals surface area (Å²) >= 11 is 1.53. The zero-order valence-electron chi connectivity index (χ0n) is 14.4. The highest BCUT2D eigenvalue weighted by molar-refractivity contribution is 7.12. The number of likely N-dealkylation sites (tertiary alicyclic amines) is 1. The Labute approximate surface area is 152 Å². The molecule has 0 radical (unpaired) electrons. The lowest BCUT2D eigenvalue weighted by atomic mass is 9.96. The van der Waals surface area contributed by atoms with Crippen molar-refractivity contribution in [3.8, 4) is 11.1 Å². The van der Waals surface area contributed by atoms with Crippen molar-refractivity contribution < 1.29 is 14.3 Å². The van der Waals surface area contributed by atoms with Crippen molar-refractivity contribution in [2.75, 3.05) is 26.3 Å². The zero-order chi connectivity index (χ0) is 17.2. The summed E-state index contributed by atoms with van der Waals surface area (Å²) in [7, 11) is 0. The number of carbonyl (C=O) groups is 1. The van der Waals surface area contributed by atoms with Gasteiger partial charge in [0.05, 0.1) is 18.1 Å². The van der Waals surface area contributed by atoms with E-state index in [1.54, 1.807) is 0 Å². The van der Waals surface area contributed by atoms with Crippen LogP contribution in [0.1, 0.15) is 28.1 Å². The molecule has 4 nitrogen and oxygen atoms in total. The van der Waals surface area contributed by atoms with Crippen LogP contribution in [0.3, 0.4) is 0 Å². The molecule has 1 aromatic heterocycles. The van der Waals surface area contributed by atoms with Gasteiger partial charge < -0.3 is 14.4 Å². The first-order chi connectivity index (χ1) is 12.2. The van der Waals surface area contributed by atoms with E-state index in [0.717, 1.165) is 41.9 Å². The number of rotatable bonds is 3. The van der Waals surface area contributed by atoms with Crippen molar-refractivity contribution in [2.45, 2.75) is 26.1 Å². The molecule has 1 unspecified atom stereocenters. The summed E-state index contributed by atoms with van der Waals surface area (Å²) in [4.78, 5) is 15.9. The highest BCUT2D eigenvalue weighted by Gasteiger charge is 2.33. The molecule has 25 heavy (non-hydrogen) atoms. The van der Waals surface area contributed by atoms with E-state index >= 15 is 0 Å². The van der Waals surface area contributed by atoms with Crippen molar-refractivity contribution in [2.24, 2.45) is 5.92 Å². The minimum Gasteiger partial charge on any atom is -0.350 e. The van der Waals surface area contributed by atoms with Gasteiger partial charge in [-0.1, -0.05) is 29.8 Å². The van der Waals surface area contributed by atoms with Gasteiger partial charge in [-0.2, -0.15) is 0 Å².